The van der Waals surface area contributed by atoms with Crippen LogP contribution in [0.25, 0.3) is 6.08 Å². The molecular formula is C20H15F3N2O5. The van der Waals surface area contributed by atoms with Crippen molar-refractivity contribution in [2.45, 2.75) is 6.18 Å². The first-order valence-electron chi connectivity index (χ1n) is 8.46. The summed E-state index contributed by atoms with van der Waals surface area (Å²) in [6, 6.07) is 7.14. The third kappa shape index (κ3) is 3.97. The van der Waals surface area contributed by atoms with E-state index in [0.29, 0.717) is 22.3 Å². The smallest absolute Gasteiger partial charge is 0.416 e. The average Bonchev–Trinajstić information content (AvgIpc) is 2.70. The minimum Gasteiger partial charge on any atom is -0.497 e. The van der Waals surface area contributed by atoms with Gasteiger partial charge < -0.3 is 9.47 Å². The lowest BCUT2D eigenvalue weighted by Crippen LogP contribution is -2.54. The van der Waals surface area contributed by atoms with Gasteiger partial charge in [0.2, 0.25) is 0 Å². The standard InChI is InChI=1S/C20H15F3N2O5/c1-29-14-7-6-11(16(10-14)30-2)8-15-17(26)24-19(28)25(18(15)27)13-5-3-4-12(9-13)20(21,22)23/h3-10H,1-2H3,(H,24,26,28)/b15-8+. The Labute approximate surface area is 168 Å². The van der Waals surface area contributed by atoms with E-state index in [1.54, 1.807) is 6.07 Å². The van der Waals surface area contributed by atoms with Crippen LogP contribution in [0.2, 0.25) is 0 Å². The van der Waals surface area contributed by atoms with Crippen LogP contribution in [0.15, 0.2) is 48.0 Å². The third-order valence-electron chi connectivity index (χ3n) is 4.27. The van der Waals surface area contributed by atoms with Gasteiger partial charge in [-0.15, -0.1) is 0 Å². The molecule has 0 unspecified atom stereocenters. The van der Waals surface area contributed by atoms with Crippen molar-refractivity contribution in [3.8, 4) is 11.5 Å². The van der Waals surface area contributed by atoms with Crippen molar-refractivity contribution < 1.29 is 37.0 Å². The molecule has 1 aliphatic heterocycles. The number of nitrogens with one attached hydrogen (secondary N) is 1. The number of carbonyl (C=O) groups is 3. The van der Waals surface area contributed by atoms with E-state index in [4.69, 9.17) is 9.47 Å². The minimum atomic E-state index is -4.67. The minimum absolute atomic E-state index is 0.282. The second-order valence-electron chi connectivity index (χ2n) is 6.11. The molecule has 0 atom stereocenters. The molecular weight excluding hydrogens is 405 g/mol. The zero-order chi connectivity index (χ0) is 22.1. The molecule has 0 saturated carbocycles. The summed E-state index contributed by atoms with van der Waals surface area (Å²) in [6.07, 6.45) is -3.49. The Hall–Kier alpha value is -3.82. The van der Waals surface area contributed by atoms with Crippen LogP contribution in [0.3, 0.4) is 0 Å². The first-order valence-corrected chi connectivity index (χ1v) is 8.46. The Bertz CT molecular complexity index is 1060. The SMILES string of the molecule is COc1ccc(/C=C2\C(=O)NC(=O)N(c3cccc(C(F)(F)F)c3)C2=O)c(OC)c1. The number of urea groups is 1. The number of nitrogens with zero attached hydrogens (tertiary/aromatic N) is 1. The summed E-state index contributed by atoms with van der Waals surface area (Å²) in [4.78, 5) is 37.8. The predicted octanol–water partition coefficient (Wildman–Crippen LogP) is 3.39. The number of hydrogen-bond acceptors (Lipinski definition) is 5. The predicted molar refractivity (Wildman–Crippen MR) is 100.0 cm³/mol. The van der Waals surface area contributed by atoms with Crippen LogP contribution in [0.1, 0.15) is 11.1 Å². The number of rotatable bonds is 4. The van der Waals surface area contributed by atoms with Gasteiger partial charge in [0, 0.05) is 11.6 Å². The fourth-order valence-corrected chi connectivity index (χ4v) is 2.81. The van der Waals surface area contributed by atoms with E-state index in [9.17, 15) is 27.6 Å². The maximum absolute atomic E-state index is 13.0. The summed E-state index contributed by atoms with van der Waals surface area (Å²) in [7, 11) is 2.82. The molecule has 0 radical (unpaired) electrons. The number of barbiturate groups is 1. The lowest BCUT2D eigenvalue weighted by Gasteiger charge is -2.27. The molecule has 1 fully saturated rings. The molecule has 0 aliphatic carbocycles. The first kappa shape index (κ1) is 20.9. The van der Waals surface area contributed by atoms with Crippen LogP contribution in [0, 0.1) is 0 Å². The topological polar surface area (TPSA) is 84.9 Å². The van der Waals surface area contributed by atoms with E-state index < -0.39 is 35.2 Å². The molecule has 3 rings (SSSR count). The number of methoxy groups -OCH3 is 2. The van der Waals surface area contributed by atoms with Crippen molar-refractivity contribution >= 4 is 29.6 Å². The van der Waals surface area contributed by atoms with Gasteiger partial charge in [-0.1, -0.05) is 6.07 Å². The maximum Gasteiger partial charge on any atom is 0.416 e. The van der Waals surface area contributed by atoms with E-state index in [1.807, 2.05) is 5.32 Å². The summed E-state index contributed by atoms with van der Waals surface area (Å²) in [5.41, 5.74) is -1.49. The van der Waals surface area contributed by atoms with Crippen molar-refractivity contribution in [1.82, 2.24) is 5.32 Å². The van der Waals surface area contributed by atoms with E-state index >= 15 is 0 Å². The Kier molecular flexibility index (Phi) is 5.50. The van der Waals surface area contributed by atoms with Crippen LogP contribution in [0.4, 0.5) is 23.7 Å². The number of alkyl halides is 3. The Morgan fingerprint density at radius 2 is 1.73 bits per heavy atom. The lowest BCUT2D eigenvalue weighted by atomic mass is 10.1. The molecule has 1 aliphatic rings. The zero-order valence-corrected chi connectivity index (χ0v) is 15.7. The van der Waals surface area contributed by atoms with E-state index in [2.05, 4.69) is 0 Å². The number of halogens is 3. The summed E-state index contributed by atoms with van der Waals surface area (Å²) in [5, 5.41) is 1.96. The van der Waals surface area contributed by atoms with Gasteiger partial charge in [0.1, 0.15) is 17.1 Å². The number of carbonyl (C=O) groups excluding carboxylic acids is 3. The molecule has 2 aromatic carbocycles. The van der Waals surface area contributed by atoms with Gasteiger partial charge in [-0.25, -0.2) is 9.69 Å². The number of hydrogen-bond donors (Lipinski definition) is 1. The molecule has 0 aromatic heterocycles. The Balaban J connectivity index is 2.05. The molecule has 1 N–H and O–H groups in total. The normalized spacial score (nSPS) is 16.0. The molecule has 7 nitrogen and oxygen atoms in total. The highest BCUT2D eigenvalue weighted by Gasteiger charge is 2.38. The van der Waals surface area contributed by atoms with Gasteiger partial charge in [0.15, 0.2) is 0 Å². The van der Waals surface area contributed by atoms with Crippen molar-refractivity contribution in [2.24, 2.45) is 0 Å². The fraction of sp³-hybridized carbons (Fsp3) is 0.150. The fourth-order valence-electron chi connectivity index (χ4n) is 2.81. The summed E-state index contributed by atoms with van der Waals surface area (Å²) in [6.45, 7) is 0. The third-order valence-corrected chi connectivity index (χ3v) is 4.27. The first-order chi connectivity index (χ1) is 14.2. The number of amides is 4. The molecule has 2 aromatic rings. The van der Waals surface area contributed by atoms with Crippen molar-refractivity contribution in [2.75, 3.05) is 19.1 Å². The van der Waals surface area contributed by atoms with Crippen molar-refractivity contribution in [3.05, 3.63) is 59.2 Å². The van der Waals surface area contributed by atoms with Crippen LogP contribution in [0.5, 0.6) is 11.5 Å². The van der Waals surface area contributed by atoms with Gasteiger partial charge in [0.25, 0.3) is 11.8 Å². The zero-order valence-electron chi connectivity index (χ0n) is 15.7. The van der Waals surface area contributed by atoms with Crippen LogP contribution >= 0.6 is 0 Å². The second-order valence-corrected chi connectivity index (χ2v) is 6.11. The van der Waals surface area contributed by atoms with E-state index in [0.717, 1.165) is 18.2 Å². The maximum atomic E-state index is 13.0. The average molecular weight is 420 g/mol. The Morgan fingerprint density at radius 1 is 1.00 bits per heavy atom. The van der Waals surface area contributed by atoms with Crippen LogP contribution < -0.4 is 19.7 Å². The molecule has 4 amide bonds. The van der Waals surface area contributed by atoms with Crippen LogP contribution in [-0.2, 0) is 15.8 Å². The number of benzene rings is 2. The highest BCUT2D eigenvalue weighted by atomic mass is 19.4. The summed E-state index contributed by atoms with van der Waals surface area (Å²) < 4.78 is 49.3. The monoisotopic (exact) mass is 420 g/mol. The van der Waals surface area contributed by atoms with E-state index in [-0.39, 0.29) is 11.4 Å². The highest BCUT2D eigenvalue weighted by molar-refractivity contribution is 6.39. The molecule has 156 valence electrons. The number of ether oxygens (including phenoxy) is 2. The number of anilines is 1. The molecule has 0 spiro atoms. The largest absolute Gasteiger partial charge is 0.497 e. The van der Waals surface area contributed by atoms with Gasteiger partial charge in [-0.05, 0) is 36.4 Å². The quantitative estimate of drug-likeness (QED) is 0.606. The van der Waals surface area contributed by atoms with Gasteiger partial charge >= 0.3 is 12.2 Å². The summed E-state index contributed by atoms with van der Waals surface area (Å²) in [5.74, 6) is -1.30. The second kappa shape index (κ2) is 7.90. The molecule has 10 heteroatoms. The van der Waals surface area contributed by atoms with Crippen molar-refractivity contribution in [1.29, 1.82) is 0 Å². The molecule has 1 saturated heterocycles. The number of imide groups is 2. The highest BCUT2D eigenvalue weighted by Crippen LogP contribution is 2.33. The van der Waals surface area contributed by atoms with Crippen LogP contribution in [-0.4, -0.2) is 32.1 Å². The van der Waals surface area contributed by atoms with Crippen molar-refractivity contribution in [3.63, 3.8) is 0 Å². The molecule has 0 bridgehead atoms. The Morgan fingerprint density at radius 3 is 2.37 bits per heavy atom. The van der Waals surface area contributed by atoms with Gasteiger partial charge in [-0.2, -0.15) is 13.2 Å². The van der Waals surface area contributed by atoms with Gasteiger partial charge in [-0.3, -0.25) is 14.9 Å². The molecule has 30 heavy (non-hydrogen) atoms. The lowest BCUT2D eigenvalue weighted by molar-refractivity contribution is -0.137. The molecule has 1 heterocycles. The van der Waals surface area contributed by atoms with E-state index in [1.165, 1.54) is 32.4 Å². The summed E-state index contributed by atoms with van der Waals surface area (Å²) >= 11 is 0. The van der Waals surface area contributed by atoms with Gasteiger partial charge in [0.05, 0.1) is 25.5 Å².